The van der Waals surface area contributed by atoms with E-state index in [1.807, 2.05) is 35.8 Å². The smallest absolute Gasteiger partial charge is 0.262 e. The van der Waals surface area contributed by atoms with Crippen molar-refractivity contribution in [1.29, 1.82) is 0 Å². The number of nitrogens with zero attached hydrogens (tertiary/aromatic N) is 3. The molecule has 1 amide bonds. The van der Waals surface area contributed by atoms with Gasteiger partial charge in [-0.1, -0.05) is 42.3 Å². The molecule has 37 heavy (non-hydrogen) atoms. The van der Waals surface area contributed by atoms with Gasteiger partial charge in [0.25, 0.3) is 5.91 Å². The van der Waals surface area contributed by atoms with E-state index in [2.05, 4.69) is 16.8 Å². The molecule has 1 atom stereocenters. The minimum absolute atomic E-state index is 0.132. The molecule has 4 aromatic rings. The van der Waals surface area contributed by atoms with Gasteiger partial charge in [-0.3, -0.25) is 9.36 Å². The monoisotopic (exact) mass is 558 g/mol. The van der Waals surface area contributed by atoms with Crippen LogP contribution >= 0.6 is 34.5 Å². The average Bonchev–Trinajstić information content (AvgIpc) is 3.49. The Balaban J connectivity index is 1.38. The SMILES string of the molecule is CCN1CCC(Oc2cccc([C@@H](C)Oc3cc(-n4cnc5cc(Cl)ccc54)sc3C(N)=O)c2Cl)CC1. The quantitative estimate of drug-likeness (QED) is 0.267. The van der Waals surface area contributed by atoms with Crippen LogP contribution in [0.4, 0.5) is 0 Å². The van der Waals surface area contributed by atoms with Crippen LogP contribution < -0.4 is 15.2 Å². The predicted octanol–water partition coefficient (Wildman–Crippen LogP) is 6.50. The number of fused-ring (bicyclic) bond motifs is 1. The molecular weight excluding hydrogens is 531 g/mol. The maximum Gasteiger partial charge on any atom is 0.262 e. The Labute approximate surface area is 229 Å². The Morgan fingerprint density at radius 3 is 2.70 bits per heavy atom. The van der Waals surface area contributed by atoms with E-state index in [1.165, 1.54) is 11.3 Å². The van der Waals surface area contributed by atoms with Crippen molar-refractivity contribution in [2.24, 2.45) is 5.73 Å². The number of rotatable bonds is 8. The van der Waals surface area contributed by atoms with Gasteiger partial charge in [0.1, 0.15) is 39.9 Å². The molecule has 10 heteroatoms. The van der Waals surface area contributed by atoms with Gasteiger partial charge in [-0.05, 0) is 50.6 Å². The molecule has 1 saturated heterocycles. The zero-order valence-corrected chi connectivity index (χ0v) is 22.9. The number of piperidine rings is 1. The highest BCUT2D eigenvalue weighted by Crippen LogP contribution is 2.39. The molecule has 0 spiro atoms. The van der Waals surface area contributed by atoms with Gasteiger partial charge >= 0.3 is 0 Å². The number of benzene rings is 2. The number of imidazole rings is 1. The average molecular weight is 560 g/mol. The lowest BCUT2D eigenvalue weighted by Gasteiger charge is -2.31. The number of carbonyl (C=O) groups is 1. The largest absolute Gasteiger partial charge is 0.489 e. The number of hydrogen-bond donors (Lipinski definition) is 1. The van der Waals surface area contributed by atoms with Crippen molar-refractivity contribution in [3.63, 3.8) is 0 Å². The van der Waals surface area contributed by atoms with Gasteiger partial charge in [0.2, 0.25) is 0 Å². The standard InChI is InChI=1S/C27H28Cl2N4O3S/c1-3-32-11-9-18(10-12-32)36-22-6-4-5-19(25(22)29)16(2)35-23-14-24(37-26(23)27(30)34)33-15-31-20-13-17(28)7-8-21(20)33/h4-8,13-16,18H,3,9-12H2,1-2H3,(H2,30,34)/t16-/m1/s1. The topological polar surface area (TPSA) is 82.6 Å². The molecule has 0 saturated carbocycles. The number of primary amides is 1. The summed E-state index contributed by atoms with van der Waals surface area (Å²) < 4.78 is 14.4. The Morgan fingerprint density at radius 2 is 1.97 bits per heavy atom. The van der Waals surface area contributed by atoms with Crippen LogP contribution in [0.5, 0.6) is 11.5 Å². The second-order valence-electron chi connectivity index (χ2n) is 9.06. The summed E-state index contributed by atoms with van der Waals surface area (Å²) in [5, 5.41) is 1.87. The number of halogens is 2. The molecule has 2 aromatic carbocycles. The van der Waals surface area contributed by atoms with Crippen LogP contribution in [0.25, 0.3) is 16.0 Å². The number of aromatic nitrogens is 2. The molecule has 0 unspecified atom stereocenters. The number of hydrogen-bond acceptors (Lipinski definition) is 6. The Morgan fingerprint density at radius 1 is 1.19 bits per heavy atom. The van der Waals surface area contributed by atoms with Gasteiger partial charge in [-0.2, -0.15) is 0 Å². The molecule has 1 fully saturated rings. The van der Waals surface area contributed by atoms with E-state index in [9.17, 15) is 4.79 Å². The fourth-order valence-corrected chi connectivity index (χ4v) is 6.03. The van der Waals surface area contributed by atoms with Crippen molar-refractivity contribution in [3.05, 3.63) is 69.3 Å². The fraction of sp³-hybridized carbons (Fsp3) is 0.333. The zero-order valence-electron chi connectivity index (χ0n) is 20.6. The molecule has 2 aromatic heterocycles. The number of thiophene rings is 1. The second-order valence-corrected chi connectivity index (χ2v) is 10.9. The molecule has 0 bridgehead atoms. The van der Waals surface area contributed by atoms with Crippen molar-refractivity contribution < 1.29 is 14.3 Å². The third kappa shape index (κ3) is 5.43. The first kappa shape index (κ1) is 25.9. The van der Waals surface area contributed by atoms with E-state index >= 15 is 0 Å². The zero-order chi connectivity index (χ0) is 26.1. The summed E-state index contributed by atoms with van der Waals surface area (Å²) in [4.78, 5) is 19.4. The third-order valence-electron chi connectivity index (χ3n) is 6.67. The lowest BCUT2D eigenvalue weighted by Crippen LogP contribution is -2.38. The van der Waals surface area contributed by atoms with Gasteiger partial charge in [0, 0.05) is 29.7 Å². The third-order valence-corrected chi connectivity index (χ3v) is 8.44. The maximum atomic E-state index is 12.3. The number of ether oxygens (including phenoxy) is 2. The fourth-order valence-electron chi connectivity index (χ4n) is 4.61. The van der Waals surface area contributed by atoms with Crippen molar-refractivity contribution in [2.45, 2.75) is 38.9 Å². The van der Waals surface area contributed by atoms with Crippen LogP contribution in [0.1, 0.15) is 48.0 Å². The first-order valence-electron chi connectivity index (χ1n) is 12.2. The lowest BCUT2D eigenvalue weighted by atomic mass is 10.1. The maximum absolute atomic E-state index is 12.3. The Hall–Kier alpha value is -2.78. The molecule has 194 valence electrons. The highest BCUT2D eigenvalue weighted by Gasteiger charge is 2.24. The van der Waals surface area contributed by atoms with E-state index in [0.29, 0.717) is 26.4 Å². The van der Waals surface area contributed by atoms with Crippen LogP contribution in [0.2, 0.25) is 10.0 Å². The number of nitrogens with two attached hydrogens (primary N) is 1. The van der Waals surface area contributed by atoms with Crippen LogP contribution in [0.15, 0.2) is 48.8 Å². The Kier molecular flexibility index (Phi) is 7.62. The van der Waals surface area contributed by atoms with Crippen LogP contribution in [-0.2, 0) is 0 Å². The summed E-state index contributed by atoms with van der Waals surface area (Å²) in [6.07, 6.45) is 3.31. The number of likely N-dealkylation sites (tertiary alicyclic amines) is 1. The van der Waals surface area contributed by atoms with Crippen LogP contribution in [0.3, 0.4) is 0 Å². The lowest BCUT2D eigenvalue weighted by molar-refractivity contribution is 0.0997. The van der Waals surface area contributed by atoms with Gasteiger partial charge in [0.05, 0.1) is 16.1 Å². The first-order chi connectivity index (χ1) is 17.8. The van der Waals surface area contributed by atoms with E-state index < -0.39 is 12.0 Å². The molecular formula is C27H28Cl2N4O3S. The molecule has 1 aliphatic rings. The summed E-state index contributed by atoms with van der Waals surface area (Å²) in [7, 11) is 0. The second kappa shape index (κ2) is 10.9. The van der Waals surface area contributed by atoms with Crippen molar-refractivity contribution >= 4 is 51.5 Å². The molecule has 7 nitrogen and oxygen atoms in total. The van der Waals surface area contributed by atoms with Crippen LogP contribution in [-0.4, -0.2) is 46.1 Å². The van der Waals surface area contributed by atoms with Crippen molar-refractivity contribution in [1.82, 2.24) is 14.5 Å². The van der Waals surface area contributed by atoms with Gasteiger partial charge < -0.3 is 20.1 Å². The molecule has 0 radical (unpaired) electrons. The summed E-state index contributed by atoms with van der Waals surface area (Å²) in [5.74, 6) is 0.479. The highest BCUT2D eigenvalue weighted by atomic mass is 35.5. The summed E-state index contributed by atoms with van der Waals surface area (Å²) in [6.45, 7) is 7.17. The van der Waals surface area contributed by atoms with E-state index in [-0.39, 0.29) is 6.10 Å². The summed E-state index contributed by atoms with van der Waals surface area (Å²) in [5.41, 5.74) is 8.09. The highest BCUT2D eigenvalue weighted by molar-refractivity contribution is 7.16. The van der Waals surface area contributed by atoms with Gasteiger partial charge in [-0.25, -0.2) is 4.98 Å². The minimum Gasteiger partial charge on any atom is -0.489 e. The Bertz CT molecular complexity index is 1430. The van der Waals surface area contributed by atoms with E-state index in [1.54, 1.807) is 24.5 Å². The van der Waals surface area contributed by atoms with Crippen molar-refractivity contribution in [2.75, 3.05) is 19.6 Å². The van der Waals surface area contributed by atoms with Crippen molar-refractivity contribution in [3.8, 4) is 16.5 Å². The summed E-state index contributed by atoms with van der Waals surface area (Å²) in [6, 6.07) is 13.0. The predicted molar refractivity (Wildman–Crippen MR) is 149 cm³/mol. The normalized spacial score (nSPS) is 15.7. The molecule has 5 rings (SSSR count). The molecule has 1 aliphatic heterocycles. The minimum atomic E-state index is -0.562. The van der Waals surface area contributed by atoms with Gasteiger partial charge in [0.15, 0.2) is 0 Å². The number of carbonyl (C=O) groups excluding carboxylic acids is 1. The molecule has 2 N–H and O–H groups in total. The number of amides is 1. The summed E-state index contributed by atoms with van der Waals surface area (Å²) >= 11 is 14.1. The first-order valence-corrected chi connectivity index (χ1v) is 13.8. The van der Waals surface area contributed by atoms with E-state index in [4.69, 9.17) is 38.4 Å². The molecule has 0 aliphatic carbocycles. The van der Waals surface area contributed by atoms with Crippen LogP contribution in [0, 0.1) is 0 Å². The van der Waals surface area contributed by atoms with Gasteiger partial charge in [-0.15, -0.1) is 11.3 Å². The van der Waals surface area contributed by atoms with E-state index in [0.717, 1.165) is 54.1 Å². The molecule has 3 heterocycles.